The molecule has 1 atom stereocenters. The van der Waals surface area contributed by atoms with Gasteiger partial charge in [-0.05, 0) is 38.0 Å². The number of carbonyl (C=O) groups is 2. The highest BCUT2D eigenvalue weighted by Gasteiger charge is 2.52. The number of nitrogens with zero attached hydrogens (tertiary/aromatic N) is 2. The summed E-state index contributed by atoms with van der Waals surface area (Å²) in [6.45, 7) is 0.616. The van der Waals surface area contributed by atoms with Gasteiger partial charge in [0.05, 0.1) is 16.8 Å². The van der Waals surface area contributed by atoms with E-state index in [1.807, 2.05) is 30.3 Å². The zero-order chi connectivity index (χ0) is 30.0. The minimum atomic E-state index is -2.76. The SMILES string of the molecule is C[C@@H](NC(=O)C1(NC(=O)c2cc(-c3ccccc3)no2)CC1)c1ncc(-c2cc(Cl)cc(Cl)c2OCC(F)F)cc1F. The van der Waals surface area contributed by atoms with E-state index in [4.69, 9.17) is 32.5 Å². The number of carbonyl (C=O) groups excluding carboxylic acids is 2. The van der Waals surface area contributed by atoms with Gasteiger partial charge >= 0.3 is 0 Å². The van der Waals surface area contributed by atoms with E-state index in [1.165, 1.54) is 31.3 Å². The highest BCUT2D eigenvalue weighted by atomic mass is 35.5. The van der Waals surface area contributed by atoms with E-state index in [9.17, 15) is 18.4 Å². The summed E-state index contributed by atoms with van der Waals surface area (Å²) < 4.78 is 51.1. The predicted octanol–water partition coefficient (Wildman–Crippen LogP) is 6.63. The van der Waals surface area contributed by atoms with E-state index in [2.05, 4.69) is 20.8 Å². The first-order valence-electron chi connectivity index (χ1n) is 12.8. The van der Waals surface area contributed by atoms with Gasteiger partial charge in [0.1, 0.15) is 29.4 Å². The Morgan fingerprint density at radius 2 is 1.83 bits per heavy atom. The molecule has 0 aliphatic heterocycles. The monoisotopic (exact) mass is 618 g/mol. The molecule has 2 aromatic heterocycles. The molecular weight excluding hydrogens is 596 g/mol. The first-order valence-corrected chi connectivity index (χ1v) is 13.5. The molecule has 1 aliphatic rings. The molecule has 1 saturated carbocycles. The van der Waals surface area contributed by atoms with Gasteiger partial charge < -0.3 is 19.9 Å². The molecule has 1 fully saturated rings. The van der Waals surface area contributed by atoms with Crippen LogP contribution in [0.3, 0.4) is 0 Å². The van der Waals surface area contributed by atoms with Crippen LogP contribution in [0.1, 0.15) is 42.1 Å². The Bertz CT molecular complexity index is 1630. The van der Waals surface area contributed by atoms with E-state index in [-0.39, 0.29) is 38.4 Å². The van der Waals surface area contributed by atoms with Crippen molar-refractivity contribution < 1.29 is 32.0 Å². The molecule has 0 spiro atoms. The summed E-state index contributed by atoms with van der Waals surface area (Å²) in [6.07, 6.45) is -0.708. The lowest BCUT2D eigenvalue weighted by molar-refractivity contribution is -0.124. The van der Waals surface area contributed by atoms with E-state index in [0.29, 0.717) is 18.5 Å². The number of alkyl halides is 2. The molecule has 42 heavy (non-hydrogen) atoms. The number of hydrogen-bond donors (Lipinski definition) is 2. The maximum atomic E-state index is 15.2. The zero-order valence-electron chi connectivity index (χ0n) is 22.0. The van der Waals surface area contributed by atoms with Gasteiger partial charge in [0, 0.05) is 34.0 Å². The Morgan fingerprint density at radius 1 is 1.10 bits per heavy atom. The van der Waals surface area contributed by atoms with Crippen molar-refractivity contribution in [3.05, 3.63) is 88.1 Å². The highest BCUT2D eigenvalue weighted by molar-refractivity contribution is 6.36. The van der Waals surface area contributed by atoms with Crippen molar-refractivity contribution in [2.75, 3.05) is 6.61 Å². The third kappa shape index (κ3) is 6.37. The summed E-state index contributed by atoms with van der Waals surface area (Å²) in [4.78, 5) is 30.1. The normalized spacial score (nSPS) is 14.4. The van der Waals surface area contributed by atoms with Crippen molar-refractivity contribution in [2.45, 2.75) is 37.8 Å². The van der Waals surface area contributed by atoms with E-state index in [0.717, 1.165) is 11.6 Å². The van der Waals surface area contributed by atoms with Crippen molar-refractivity contribution in [3.8, 4) is 28.1 Å². The first-order chi connectivity index (χ1) is 20.1. The van der Waals surface area contributed by atoms with Crippen LogP contribution in [-0.4, -0.2) is 40.5 Å². The van der Waals surface area contributed by atoms with Crippen molar-refractivity contribution in [1.29, 1.82) is 0 Å². The second-order valence-electron chi connectivity index (χ2n) is 9.73. The van der Waals surface area contributed by atoms with Crippen molar-refractivity contribution in [3.63, 3.8) is 0 Å². The second kappa shape index (κ2) is 12.0. The fourth-order valence-electron chi connectivity index (χ4n) is 4.33. The van der Waals surface area contributed by atoms with Gasteiger partial charge in [0.25, 0.3) is 12.3 Å². The van der Waals surface area contributed by atoms with Crippen LogP contribution >= 0.6 is 23.2 Å². The Kier molecular flexibility index (Phi) is 8.42. The van der Waals surface area contributed by atoms with Crippen LogP contribution in [-0.2, 0) is 4.79 Å². The average molecular weight is 619 g/mol. The van der Waals surface area contributed by atoms with Gasteiger partial charge in [0.2, 0.25) is 11.7 Å². The quantitative estimate of drug-likeness (QED) is 0.206. The number of aromatic nitrogens is 2. The highest BCUT2D eigenvalue weighted by Crippen LogP contribution is 2.40. The lowest BCUT2D eigenvalue weighted by Gasteiger charge is -2.21. The van der Waals surface area contributed by atoms with Gasteiger partial charge in [-0.3, -0.25) is 14.6 Å². The first kappa shape index (κ1) is 29.4. The zero-order valence-corrected chi connectivity index (χ0v) is 23.5. The van der Waals surface area contributed by atoms with Crippen molar-refractivity contribution >= 4 is 35.0 Å². The van der Waals surface area contributed by atoms with Crippen LogP contribution in [0.5, 0.6) is 5.75 Å². The Balaban J connectivity index is 1.27. The molecule has 0 unspecified atom stereocenters. The third-order valence-electron chi connectivity index (χ3n) is 6.64. The molecule has 8 nitrogen and oxygen atoms in total. The molecule has 218 valence electrons. The minimum Gasteiger partial charge on any atom is -0.485 e. The Labute approximate surface area is 248 Å². The van der Waals surface area contributed by atoms with Crippen LogP contribution < -0.4 is 15.4 Å². The number of nitrogens with one attached hydrogen (secondary N) is 2. The van der Waals surface area contributed by atoms with Gasteiger partial charge in [-0.25, -0.2) is 13.2 Å². The second-order valence-corrected chi connectivity index (χ2v) is 10.6. The fraction of sp³-hybridized carbons (Fsp3) is 0.241. The van der Waals surface area contributed by atoms with Crippen LogP contribution in [0.2, 0.25) is 10.0 Å². The summed E-state index contributed by atoms with van der Waals surface area (Å²) in [5, 5.41) is 9.47. The molecule has 5 rings (SSSR count). The lowest BCUT2D eigenvalue weighted by atomic mass is 10.0. The molecule has 0 bridgehead atoms. The van der Waals surface area contributed by atoms with Crippen LogP contribution in [0.25, 0.3) is 22.4 Å². The molecule has 1 aliphatic carbocycles. The Morgan fingerprint density at radius 3 is 2.50 bits per heavy atom. The topological polar surface area (TPSA) is 106 Å². The van der Waals surface area contributed by atoms with Gasteiger partial charge in [-0.1, -0.05) is 58.7 Å². The molecule has 0 saturated heterocycles. The standard InChI is InChI=1S/C29H23Cl2F3N4O4/c1-15(25-21(32)9-17(13-35-25)19-10-18(30)11-20(31)26(19)41-14-24(33)34)36-28(40)29(7-8-29)37-27(39)23-12-22(38-42-23)16-5-3-2-4-6-16/h2-6,9-13,15,24H,7-8,14H2,1H3,(H,36,40)(H,37,39)/t15-/m1/s1. The third-order valence-corrected chi connectivity index (χ3v) is 7.14. The van der Waals surface area contributed by atoms with Gasteiger partial charge in [-0.15, -0.1) is 0 Å². The lowest BCUT2D eigenvalue weighted by Crippen LogP contribution is -2.49. The van der Waals surface area contributed by atoms with E-state index in [1.54, 1.807) is 0 Å². The Hall–Kier alpha value is -4.09. The van der Waals surface area contributed by atoms with E-state index < -0.39 is 42.2 Å². The van der Waals surface area contributed by atoms with E-state index >= 15 is 4.39 Å². The molecule has 2 heterocycles. The van der Waals surface area contributed by atoms with Crippen molar-refractivity contribution in [1.82, 2.24) is 20.8 Å². The summed E-state index contributed by atoms with van der Waals surface area (Å²) in [5.41, 5.74) is 0.322. The molecule has 2 N–H and O–H groups in total. The minimum absolute atomic E-state index is 0.0262. The van der Waals surface area contributed by atoms with Crippen molar-refractivity contribution in [2.24, 2.45) is 0 Å². The molecule has 4 aromatic rings. The van der Waals surface area contributed by atoms with Crippen LogP contribution in [0.4, 0.5) is 13.2 Å². The molecule has 0 radical (unpaired) electrons. The van der Waals surface area contributed by atoms with Gasteiger partial charge in [-0.2, -0.15) is 0 Å². The number of rotatable bonds is 10. The molecule has 2 amide bonds. The number of hydrogen-bond acceptors (Lipinski definition) is 6. The molecular formula is C29H23Cl2F3N4O4. The fourth-order valence-corrected chi connectivity index (χ4v) is 4.87. The maximum absolute atomic E-state index is 15.2. The molecule has 13 heteroatoms. The average Bonchev–Trinajstić information content (AvgIpc) is 3.56. The van der Waals surface area contributed by atoms with Crippen LogP contribution in [0, 0.1) is 5.82 Å². The number of halogens is 5. The number of pyridine rings is 1. The summed E-state index contributed by atoms with van der Waals surface area (Å²) in [6, 6.07) is 13.6. The summed E-state index contributed by atoms with van der Waals surface area (Å²) >= 11 is 12.2. The number of amides is 2. The predicted molar refractivity (Wildman–Crippen MR) is 149 cm³/mol. The number of ether oxygens (including phenoxy) is 1. The number of benzene rings is 2. The van der Waals surface area contributed by atoms with Gasteiger partial charge in [0.15, 0.2) is 0 Å². The smallest absolute Gasteiger partial charge is 0.290 e. The largest absolute Gasteiger partial charge is 0.485 e. The maximum Gasteiger partial charge on any atom is 0.290 e. The summed E-state index contributed by atoms with van der Waals surface area (Å²) in [7, 11) is 0. The molecule has 2 aromatic carbocycles. The summed E-state index contributed by atoms with van der Waals surface area (Å²) in [5.74, 6) is -2.04. The van der Waals surface area contributed by atoms with Crippen LogP contribution in [0.15, 0.2) is 65.3 Å².